The fourth-order valence-electron chi connectivity index (χ4n) is 8.66. The number of hydrazone groups is 1. The Morgan fingerprint density at radius 1 is 1.06 bits per heavy atom. The lowest BCUT2D eigenvalue weighted by Gasteiger charge is -2.32. The number of nitrogens with zero attached hydrogens (tertiary/aromatic N) is 5. The Morgan fingerprint density at radius 2 is 1.80 bits per heavy atom. The molecule has 0 radical (unpaired) electrons. The number of thiol groups is 1. The molecule has 356 valence electrons. The fourth-order valence-corrected chi connectivity index (χ4v) is 8.99. The minimum absolute atomic E-state index is 0. The van der Waals surface area contributed by atoms with E-state index in [1.165, 1.54) is 12.0 Å². The minimum Gasteiger partial charge on any atom is -0.504 e. The highest BCUT2D eigenvalue weighted by atomic mass is 32.1. The highest BCUT2D eigenvalue weighted by Crippen LogP contribution is 2.49. The van der Waals surface area contributed by atoms with Gasteiger partial charge >= 0.3 is 0 Å². The van der Waals surface area contributed by atoms with Crippen molar-refractivity contribution in [3.63, 3.8) is 0 Å². The van der Waals surface area contributed by atoms with Crippen molar-refractivity contribution >= 4 is 25.1 Å². The zero-order chi connectivity index (χ0) is 46.9. The van der Waals surface area contributed by atoms with Crippen molar-refractivity contribution in [1.29, 1.82) is 5.41 Å². The van der Waals surface area contributed by atoms with Crippen molar-refractivity contribution in [2.75, 3.05) is 60.0 Å². The van der Waals surface area contributed by atoms with E-state index in [1.54, 1.807) is 0 Å². The summed E-state index contributed by atoms with van der Waals surface area (Å²) >= 11 is 5.20. The van der Waals surface area contributed by atoms with Crippen LogP contribution in [0.4, 0.5) is 0 Å². The van der Waals surface area contributed by atoms with Crippen LogP contribution in [-0.4, -0.2) is 97.3 Å². The van der Waals surface area contributed by atoms with Gasteiger partial charge in [-0.2, -0.15) is 5.10 Å². The highest BCUT2D eigenvalue weighted by Gasteiger charge is 2.32. The molecule has 2 fully saturated rings. The number of aryl methyl sites for hydroxylation is 2. The Bertz CT molecular complexity index is 2260. The molecule has 1 aliphatic carbocycles. The van der Waals surface area contributed by atoms with E-state index < -0.39 is 0 Å². The molecule has 1 aliphatic heterocycles. The summed E-state index contributed by atoms with van der Waals surface area (Å²) in [5.41, 5.74) is 15.6. The Morgan fingerprint density at radius 3 is 2.44 bits per heavy atom. The zero-order valence-electron chi connectivity index (χ0n) is 39.9. The van der Waals surface area contributed by atoms with Crippen molar-refractivity contribution in [1.82, 2.24) is 25.2 Å². The number of nitrogens with one attached hydrogen (secondary N) is 2. The summed E-state index contributed by atoms with van der Waals surface area (Å²) in [5.74, 6) is 1.77. The summed E-state index contributed by atoms with van der Waals surface area (Å²) in [4.78, 5) is 15.6. The molecule has 3 N–H and O–H groups in total. The maximum absolute atomic E-state index is 11.9. The number of para-hydroxylation sites is 1. The summed E-state index contributed by atoms with van der Waals surface area (Å²) in [5, 5.41) is 22.0. The second-order valence-electron chi connectivity index (χ2n) is 17.3. The number of likely N-dealkylation sites (N-methyl/N-ethyl adjacent to an activating group) is 1. The highest BCUT2D eigenvalue weighted by molar-refractivity contribution is 7.80. The number of rotatable bonds is 22. The van der Waals surface area contributed by atoms with Crippen LogP contribution in [0.2, 0.25) is 0 Å². The van der Waals surface area contributed by atoms with Gasteiger partial charge in [0.1, 0.15) is 19.0 Å². The van der Waals surface area contributed by atoms with E-state index in [9.17, 15) is 5.11 Å². The first kappa shape index (κ1) is 53.4. The van der Waals surface area contributed by atoms with Gasteiger partial charge in [-0.1, -0.05) is 87.9 Å². The van der Waals surface area contributed by atoms with E-state index in [1.807, 2.05) is 37.5 Å². The molecule has 66 heavy (non-hydrogen) atoms. The van der Waals surface area contributed by atoms with Crippen molar-refractivity contribution in [2.45, 2.75) is 110 Å². The van der Waals surface area contributed by atoms with Crippen molar-refractivity contribution in [3.05, 3.63) is 131 Å². The Kier molecular flexibility index (Phi) is 21.7. The largest absolute Gasteiger partial charge is 0.504 e. The van der Waals surface area contributed by atoms with E-state index in [2.05, 4.69) is 111 Å². The van der Waals surface area contributed by atoms with Crippen LogP contribution in [0.1, 0.15) is 111 Å². The summed E-state index contributed by atoms with van der Waals surface area (Å²) in [6.45, 7) is 25.3. The van der Waals surface area contributed by atoms with Crippen LogP contribution < -0.4 is 14.9 Å². The molecular formula is C55H77N7O3S. The van der Waals surface area contributed by atoms with E-state index in [4.69, 9.17) is 37.5 Å². The number of ether oxygens (including phenoxy) is 2. The summed E-state index contributed by atoms with van der Waals surface area (Å²) < 4.78 is 12.9. The number of hydrogen-bond acceptors (Lipinski definition) is 11. The molecule has 0 amide bonds. The number of hydrogen-bond donors (Lipinski definition) is 4. The second-order valence-corrected chi connectivity index (χ2v) is 17.8. The second kappa shape index (κ2) is 26.8. The number of phenolic OH excluding ortho intramolecular Hbond substituents is 1. The maximum atomic E-state index is 11.9. The first-order valence-electron chi connectivity index (χ1n) is 23.3. The number of piperazine rings is 1. The van der Waals surface area contributed by atoms with Crippen LogP contribution in [0.5, 0.6) is 17.2 Å². The number of allylic oxidation sites excluding steroid dienone is 4. The predicted molar refractivity (Wildman–Crippen MR) is 280 cm³/mol. The molecule has 1 saturated carbocycles. The Labute approximate surface area is 402 Å². The van der Waals surface area contributed by atoms with Crippen LogP contribution >= 0.6 is 12.6 Å². The van der Waals surface area contributed by atoms with Gasteiger partial charge in [0.25, 0.3) is 0 Å². The standard InChI is InChI=1S/C53H70N6O3S.CH3N.CH4/c1-9-36(4)31-37(5)32-43-21-19-39(34-55-43)20-22-44(57-54-7)35-62-47-18-13-12-15-42(47)33-40(10-2)49-50(51(41-16-14-17-41)56-38(6)53(49)63)46-23-24-48(52(60)45(46)11-3)61-30-29-59-27-25-58(8)26-28-59;1-2;/h10,12-13,15,18-19,21,23-24,31,34,40-41,54,60,63H,2,4,9,11,14,16-17,20,22,25-30,32-33,35H2,1,3,5-8H3;2H,1H2;1H4/b37-31+,57-44+;;. The predicted octanol–water partition coefficient (Wildman–Crippen LogP) is 11.4. The van der Waals surface area contributed by atoms with Gasteiger partial charge in [-0.15, -0.1) is 19.2 Å². The zero-order valence-corrected chi connectivity index (χ0v) is 40.8. The lowest BCUT2D eigenvalue weighted by Crippen LogP contribution is -2.45. The Balaban J connectivity index is 0.00000313. The van der Waals surface area contributed by atoms with Crippen LogP contribution in [0.25, 0.3) is 11.1 Å². The molecular weight excluding hydrogens is 839 g/mol. The Hall–Kier alpha value is -5.23. The van der Waals surface area contributed by atoms with Gasteiger partial charge in [0.15, 0.2) is 11.5 Å². The van der Waals surface area contributed by atoms with Gasteiger partial charge in [0, 0.05) is 85.9 Å². The number of benzene rings is 2. The molecule has 1 saturated heterocycles. The van der Waals surface area contributed by atoms with E-state index in [0.717, 1.165) is 144 Å². The number of phenols is 1. The minimum atomic E-state index is -0.116. The third kappa shape index (κ3) is 14.1. The lowest BCUT2D eigenvalue weighted by molar-refractivity contribution is 0.133. The molecule has 1 unspecified atom stereocenters. The molecule has 2 aromatic carbocycles. The SMILES string of the molecule is C.C=CC(Cc1ccccc1OC/C(CCc1ccc(C/C(C)=C/C(=C)CC)nc1)=N/NC)c1c(S)c(C)nc(C2CCC2)c1-c1ccc(OCCN2CCN(C)CC2)c(O)c1CC.C=N. The first-order chi connectivity index (χ1) is 31.5. The quantitative estimate of drug-likeness (QED) is 0.0202. The first-order valence-corrected chi connectivity index (χ1v) is 23.8. The van der Waals surface area contributed by atoms with Gasteiger partial charge in [-0.3, -0.25) is 14.9 Å². The lowest BCUT2D eigenvalue weighted by atomic mass is 9.76. The molecule has 0 spiro atoms. The van der Waals surface area contributed by atoms with Gasteiger partial charge in [0.05, 0.1) is 17.1 Å². The van der Waals surface area contributed by atoms with Crippen LogP contribution in [0.3, 0.4) is 0 Å². The molecule has 10 nitrogen and oxygen atoms in total. The third-order valence-corrected chi connectivity index (χ3v) is 13.3. The third-order valence-electron chi connectivity index (χ3n) is 12.7. The number of aromatic nitrogens is 2. The average molecular weight is 916 g/mol. The van der Waals surface area contributed by atoms with Crippen molar-refractivity contribution < 1.29 is 14.6 Å². The molecule has 3 heterocycles. The van der Waals surface area contributed by atoms with Crippen LogP contribution in [0.15, 0.2) is 101 Å². The summed E-state index contributed by atoms with van der Waals surface area (Å²) in [6, 6.07) is 16.6. The van der Waals surface area contributed by atoms with E-state index in [0.29, 0.717) is 37.7 Å². The van der Waals surface area contributed by atoms with Gasteiger partial charge in [-0.25, -0.2) is 0 Å². The maximum Gasteiger partial charge on any atom is 0.161 e. The van der Waals surface area contributed by atoms with Crippen LogP contribution in [-0.2, 0) is 25.7 Å². The van der Waals surface area contributed by atoms with E-state index in [-0.39, 0.29) is 19.1 Å². The monoisotopic (exact) mass is 916 g/mol. The van der Waals surface area contributed by atoms with Crippen molar-refractivity contribution in [2.24, 2.45) is 5.10 Å². The topological polar surface area (TPSA) is 119 Å². The summed E-state index contributed by atoms with van der Waals surface area (Å²) in [6.07, 6.45) is 14.1. The molecule has 2 aromatic heterocycles. The summed E-state index contributed by atoms with van der Waals surface area (Å²) in [7, 11) is 3.99. The number of pyridine rings is 2. The van der Waals surface area contributed by atoms with Gasteiger partial charge in [0.2, 0.25) is 0 Å². The van der Waals surface area contributed by atoms with Gasteiger partial charge < -0.3 is 30.3 Å². The molecule has 2 aliphatic rings. The number of aromatic hydroxyl groups is 1. The smallest absolute Gasteiger partial charge is 0.161 e. The van der Waals surface area contributed by atoms with E-state index >= 15 is 0 Å². The average Bonchev–Trinajstić information content (AvgIpc) is 3.29. The molecule has 0 bridgehead atoms. The van der Waals surface area contributed by atoms with Crippen LogP contribution in [0, 0.1) is 12.3 Å². The molecule has 6 rings (SSSR count). The van der Waals surface area contributed by atoms with Crippen molar-refractivity contribution in [3.8, 4) is 28.4 Å². The molecule has 11 heteroatoms. The fraction of sp³-hybridized carbons (Fsp3) is 0.455. The normalized spacial score (nSPS) is 15.1. The molecule has 1 atom stereocenters. The van der Waals surface area contributed by atoms with Gasteiger partial charge in [-0.05, 0) is 113 Å². The molecule has 4 aromatic rings.